The SMILES string of the molecule is CCOc1cccc(OCc2c(Br)c(C)nn2CC)c1. The number of hydrogen-bond acceptors (Lipinski definition) is 3. The van der Waals surface area contributed by atoms with Crippen LogP contribution in [-0.4, -0.2) is 16.4 Å². The first-order chi connectivity index (χ1) is 9.65. The summed E-state index contributed by atoms with van der Waals surface area (Å²) in [5.74, 6) is 1.62. The summed E-state index contributed by atoms with van der Waals surface area (Å²) in [4.78, 5) is 0. The van der Waals surface area contributed by atoms with E-state index in [1.807, 2.05) is 42.8 Å². The largest absolute Gasteiger partial charge is 0.494 e. The molecule has 0 atom stereocenters. The molecule has 0 aliphatic rings. The van der Waals surface area contributed by atoms with Crippen LogP contribution in [0, 0.1) is 6.92 Å². The van der Waals surface area contributed by atoms with E-state index < -0.39 is 0 Å². The molecule has 1 aromatic carbocycles. The lowest BCUT2D eigenvalue weighted by atomic mass is 10.3. The van der Waals surface area contributed by atoms with Gasteiger partial charge < -0.3 is 9.47 Å². The summed E-state index contributed by atoms with van der Waals surface area (Å²) >= 11 is 3.57. The van der Waals surface area contributed by atoms with Gasteiger partial charge in [-0.2, -0.15) is 5.10 Å². The molecule has 1 heterocycles. The van der Waals surface area contributed by atoms with Crippen molar-refractivity contribution in [1.82, 2.24) is 9.78 Å². The second-order valence-corrected chi connectivity index (χ2v) is 5.15. The quantitative estimate of drug-likeness (QED) is 0.799. The molecule has 0 N–H and O–H groups in total. The molecule has 108 valence electrons. The molecule has 0 amide bonds. The minimum Gasteiger partial charge on any atom is -0.494 e. The molecule has 4 nitrogen and oxygen atoms in total. The number of halogens is 1. The van der Waals surface area contributed by atoms with Crippen LogP contribution in [0.15, 0.2) is 28.7 Å². The van der Waals surface area contributed by atoms with Crippen molar-refractivity contribution in [3.05, 3.63) is 40.1 Å². The van der Waals surface area contributed by atoms with Crippen LogP contribution in [0.5, 0.6) is 11.5 Å². The van der Waals surface area contributed by atoms with Gasteiger partial charge >= 0.3 is 0 Å². The van der Waals surface area contributed by atoms with Crippen molar-refractivity contribution in [1.29, 1.82) is 0 Å². The normalized spacial score (nSPS) is 10.6. The Labute approximate surface area is 127 Å². The summed E-state index contributed by atoms with van der Waals surface area (Å²) < 4.78 is 14.3. The third-order valence-electron chi connectivity index (χ3n) is 2.94. The van der Waals surface area contributed by atoms with Crippen LogP contribution in [0.25, 0.3) is 0 Å². The van der Waals surface area contributed by atoms with Crippen LogP contribution in [-0.2, 0) is 13.2 Å². The second kappa shape index (κ2) is 6.79. The average Bonchev–Trinajstić information content (AvgIpc) is 2.73. The zero-order valence-electron chi connectivity index (χ0n) is 12.0. The maximum atomic E-state index is 5.84. The molecule has 0 fully saturated rings. The van der Waals surface area contributed by atoms with Crippen molar-refractivity contribution in [2.24, 2.45) is 0 Å². The van der Waals surface area contributed by atoms with Gasteiger partial charge in [0.1, 0.15) is 18.1 Å². The Morgan fingerprint density at radius 2 is 1.90 bits per heavy atom. The van der Waals surface area contributed by atoms with E-state index in [4.69, 9.17) is 9.47 Å². The maximum Gasteiger partial charge on any atom is 0.131 e. The summed E-state index contributed by atoms with van der Waals surface area (Å²) in [5.41, 5.74) is 2.03. The van der Waals surface area contributed by atoms with Gasteiger partial charge in [0.2, 0.25) is 0 Å². The lowest BCUT2D eigenvalue weighted by Gasteiger charge is -2.10. The summed E-state index contributed by atoms with van der Waals surface area (Å²) in [6.45, 7) is 7.96. The van der Waals surface area contributed by atoms with Crippen LogP contribution >= 0.6 is 15.9 Å². The van der Waals surface area contributed by atoms with Gasteiger partial charge in [0.25, 0.3) is 0 Å². The van der Waals surface area contributed by atoms with Gasteiger partial charge in [-0.1, -0.05) is 6.07 Å². The minimum absolute atomic E-state index is 0.477. The highest BCUT2D eigenvalue weighted by Crippen LogP contribution is 2.24. The van der Waals surface area contributed by atoms with Crippen LogP contribution in [0.4, 0.5) is 0 Å². The summed E-state index contributed by atoms with van der Waals surface area (Å²) in [5, 5.41) is 4.45. The van der Waals surface area contributed by atoms with Crippen LogP contribution in [0.3, 0.4) is 0 Å². The number of aryl methyl sites for hydroxylation is 2. The van der Waals surface area contributed by atoms with Crippen molar-refractivity contribution in [3.63, 3.8) is 0 Å². The van der Waals surface area contributed by atoms with Crippen LogP contribution < -0.4 is 9.47 Å². The first-order valence-electron chi connectivity index (χ1n) is 6.73. The minimum atomic E-state index is 0.477. The molecule has 2 aromatic rings. The topological polar surface area (TPSA) is 36.3 Å². The van der Waals surface area contributed by atoms with E-state index in [2.05, 4.69) is 28.0 Å². The van der Waals surface area contributed by atoms with Crippen LogP contribution in [0.1, 0.15) is 25.2 Å². The Hall–Kier alpha value is -1.49. The first-order valence-corrected chi connectivity index (χ1v) is 7.52. The highest BCUT2D eigenvalue weighted by molar-refractivity contribution is 9.10. The van der Waals surface area contributed by atoms with E-state index in [-0.39, 0.29) is 0 Å². The van der Waals surface area contributed by atoms with Gasteiger partial charge in [-0.05, 0) is 48.8 Å². The predicted octanol–water partition coefficient (Wildman–Crippen LogP) is 3.95. The van der Waals surface area contributed by atoms with Gasteiger partial charge in [0.05, 0.1) is 22.5 Å². The van der Waals surface area contributed by atoms with Gasteiger partial charge in [0.15, 0.2) is 0 Å². The Balaban J connectivity index is 2.10. The molecule has 0 aliphatic carbocycles. The fourth-order valence-corrected chi connectivity index (χ4v) is 2.38. The molecular formula is C15H19BrN2O2. The third kappa shape index (κ3) is 3.33. The van der Waals surface area contributed by atoms with E-state index in [1.165, 1.54) is 0 Å². The molecule has 5 heteroatoms. The number of aromatic nitrogens is 2. The summed E-state index contributed by atoms with van der Waals surface area (Å²) in [6, 6.07) is 7.68. The van der Waals surface area contributed by atoms with E-state index in [0.29, 0.717) is 13.2 Å². The van der Waals surface area contributed by atoms with Crippen molar-refractivity contribution in [3.8, 4) is 11.5 Å². The average molecular weight is 339 g/mol. The highest BCUT2D eigenvalue weighted by atomic mass is 79.9. The Morgan fingerprint density at radius 1 is 1.20 bits per heavy atom. The molecule has 0 bridgehead atoms. The second-order valence-electron chi connectivity index (χ2n) is 4.36. The zero-order valence-corrected chi connectivity index (χ0v) is 13.6. The molecule has 20 heavy (non-hydrogen) atoms. The Morgan fingerprint density at radius 3 is 2.55 bits per heavy atom. The molecule has 0 saturated heterocycles. The summed E-state index contributed by atoms with van der Waals surface area (Å²) in [6.07, 6.45) is 0. The smallest absolute Gasteiger partial charge is 0.131 e. The molecule has 0 saturated carbocycles. The number of nitrogens with zero attached hydrogens (tertiary/aromatic N) is 2. The Bertz CT molecular complexity index is 581. The van der Waals surface area contributed by atoms with E-state index in [1.54, 1.807) is 0 Å². The molecule has 0 spiro atoms. The van der Waals surface area contributed by atoms with E-state index in [0.717, 1.165) is 33.9 Å². The number of hydrogen-bond donors (Lipinski definition) is 0. The zero-order chi connectivity index (χ0) is 14.5. The van der Waals surface area contributed by atoms with Gasteiger partial charge in [0, 0.05) is 12.6 Å². The van der Waals surface area contributed by atoms with Crippen molar-refractivity contribution >= 4 is 15.9 Å². The Kier molecular flexibility index (Phi) is 5.06. The monoisotopic (exact) mass is 338 g/mol. The fourth-order valence-electron chi connectivity index (χ4n) is 1.98. The number of rotatable bonds is 6. The van der Waals surface area contributed by atoms with E-state index >= 15 is 0 Å². The molecule has 1 aromatic heterocycles. The predicted molar refractivity (Wildman–Crippen MR) is 82.3 cm³/mol. The molecule has 2 rings (SSSR count). The fraction of sp³-hybridized carbons (Fsp3) is 0.400. The third-order valence-corrected chi connectivity index (χ3v) is 3.98. The molecular weight excluding hydrogens is 320 g/mol. The number of benzene rings is 1. The molecule has 0 unspecified atom stereocenters. The lowest BCUT2D eigenvalue weighted by molar-refractivity contribution is 0.287. The van der Waals surface area contributed by atoms with Crippen LogP contribution in [0.2, 0.25) is 0 Å². The van der Waals surface area contributed by atoms with Gasteiger partial charge in [-0.3, -0.25) is 4.68 Å². The van der Waals surface area contributed by atoms with E-state index in [9.17, 15) is 0 Å². The summed E-state index contributed by atoms with van der Waals surface area (Å²) in [7, 11) is 0. The first kappa shape index (κ1) is 14.9. The standard InChI is InChI=1S/C15H19BrN2O2/c1-4-18-14(15(16)11(3)17-18)10-20-13-8-6-7-12(9-13)19-5-2/h6-9H,4-5,10H2,1-3H3. The highest BCUT2D eigenvalue weighted by Gasteiger charge is 2.12. The number of ether oxygens (including phenoxy) is 2. The van der Waals surface area contributed by atoms with Crippen molar-refractivity contribution in [2.45, 2.75) is 33.9 Å². The molecule has 0 aliphatic heterocycles. The maximum absolute atomic E-state index is 5.84. The lowest BCUT2D eigenvalue weighted by Crippen LogP contribution is -2.06. The van der Waals surface area contributed by atoms with Crippen molar-refractivity contribution < 1.29 is 9.47 Å². The van der Waals surface area contributed by atoms with Gasteiger partial charge in [-0.15, -0.1) is 0 Å². The van der Waals surface area contributed by atoms with Crippen molar-refractivity contribution in [2.75, 3.05) is 6.61 Å². The molecule has 0 radical (unpaired) electrons. The van der Waals surface area contributed by atoms with Gasteiger partial charge in [-0.25, -0.2) is 0 Å².